The molecule has 2 aliphatic rings. The van der Waals surface area contributed by atoms with E-state index in [0.29, 0.717) is 51.6 Å². The van der Waals surface area contributed by atoms with Gasteiger partial charge in [-0.15, -0.1) is 0 Å². The van der Waals surface area contributed by atoms with E-state index in [4.69, 9.17) is 15.6 Å². The highest BCUT2D eigenvalue weighted by Crippen LogP contribution is 2.43. The number of anilines is 2. The number of nitrogen functional groups attached to an aromatic ring is 1. The Bertz CT molecular complexity index is 1390. The van der Waals surface area contributed by atoms with Crippen LogP contribution in [0.1, 0.15) is 29.2 Å². The monoisotopic (exact) mass is 456 g/mol. The van der Waals surface area contributed by atoms with Crippen molar-refractivity contribution in [3.05, 3.63) is 54.5 Å². The van der Waals surface area contributed by atoms with Gasteiger partial charge in [0.05, 0.1) is 18.5 Å². The summed E-state index contributed by atoms with van der Waals surface area (Å²) < 4.78 is 7.66. The first-order chi connectivity index (χ1) is 16.6. The van der Waals surface area contributed by atoms with E-state index in [-0.39, 0.29) is 11.9 Å². The third kappa shape index (κ3) is 3.34. The zero-order valence-electron chi connectivity index (χ0n) is 18.6. The van der Waals surface area contributed by atoms with Crippen molar-refractivity contribution in [2.24, 2.45) is 5.92 Å². The van der Waals surface area contributed by atoms with Crippen LogP contribution in [0.4, 0.5) is 11.6 Å². The molecule has 10 heteroatoms. The van der Waals surface area contributed by atoms with Crippen LogP contribution in [0.5, 0.6) is 5.75 Å². The molecule has 2 unspecified atom stereocenters. The molecular weight excluding hydrogens is 432 g/mol. The van der Waals surface area contributed by atoms with Gasteiger partial charge in [-0.3, -0.25) is 4.79 Å². The van der Waals surface area contributed by atoms with Gasteiger partial charge < -0.3 is 21.1 Å². The number of aromatic nitrogens is 5. The number of nitrogens with zero attached hydrogens (tertiary/aromatic N) is 5. The lowest BCUT2D eigenvalue weighted by Crippen LogP contribution is -2.35. The van der Waals surface area contributed by atoms with Gasteiger partial charge in [0.15, 0.2) is 5.65 Å². The maximum atomic E-state index is 12.8. The third-order valence-electron chi connectivity index (χ3n) is 6.75. The number of benzene rings is 1. The summed E-state index contributed by atoms with van der Waals surface area (Å²) in [5, 5.41) is 12.0. The van der Waals surface area contributed by atoms with E-state index in [9.17, 15) is 4.79 Å². The first-order valence-electron chi connectivity index (χ1n) is 11.2. The molecule has 1 saturated carbocycles. The molecule has 1 aliphatic heterocycles. The van der Waals surface area contributed by atoms with Gasteiger partial charge in [-0.2, -0.15) is 5.10 Å². The Morgan fingerprint density at radius 2 is 2.12 bits per heavy atom. The summed E-state index contributed by atoms with van der Waals surface area (Å²) in [7, 11) is 1.57. The van der Waals surface area contributed by atoms with Crippen molar-refractivity contribution in [3.8, 4) is 17.0 Å². The zero-order chi connectivity index (χ0) is 23.2. The lowest BCUT2D eigenvalue weighted by Gasteiger charge is -2.23. The van der Waals surface area contributed by atoms with Crippen LogP contribution in [0.15, 0.2) is 48.9 Å². The molecule has 2 fully saturated rings. The summed E-state index contributed by atoms with van der Waals surface area (Å²) in [6.07, 6.45) is 5.30. The number of rotatable bonds is 5. The number of amides is 1. The summed E-state index contributed by atoms with van der Waals surface area (Å²) in [4.78, 5) is 25.7. The van der Waals surface area contributed by atoms with E-state index in [1.807, 2.05) is 16.8 Å². The number of piperidine rings is 1. The minimum atomic E-state index is -0.283. The molecule has 6 rings (SSSR count). The van der Waals surface area contributed by atoms with Gasteiger partial charge in [0.25, 0.3) is 5.91 Å². The van der Waals surface area contributed by atoms with Gasteiger partial charge in [-0.05, 0) is 55.6 Å². The van der Waals surface area contributed by atoms with Gasteiger partial charge in [-0.1, -0.05) is 6.07 Å². The van der Waals surface area contributed by atoms with Crippen molar-refractivity contribution in [1.82, 2.24) is 30.0 Å². The van der Waals surface area contributed by atoms with E-state index in [1.165, 1.54) is 6.33 Å². The van der Waals surface area contributed by atoms with Crippen LogP contribution in [0.2, 0.25) is 0 Å². The fourth-order valence-electron chi connectivity index (χ4n) is 5.16. The van der Waals surface area contributed by atoms with Crippen molar-refractivity contribution < 1.29 is 9.53 Å². The van der Waals surface area contributed by atoms with Crippen molar-refractivity contribution in [3.63, 3.8) is 0 Å². The standard InChI is InChI=1S/C24H24N8O2/c1-34-18-10-14(24(33)30-19-4-2-3-7-26-19)5-6-15(18)21-20-22(25)28-12-29-23(20)32(31-21)17-9-13-8-16(17)27-11-13/h2-7,10,12-13,16-17,27H,8-9,11H2,1H3,(H2,25,28,29)(H,26,30,33)/t13-,16?,17?/m1/s1. The van der Waals surface area contributed by atoms with E-state index in [0.717, 1.165) is 24.9 Å². The van der Waals surface area contributed by atoms with Crippen LogP contribution in [0.25, 0.3) is 22.3 Å². The molecule has 2 bridgehead atoms. The van der Waals surface area contributed by atoms with Gasteiger partial charge in [0, 0.05) is 23.4 Å². The largest absolute Gasteiger partial charge is 0.496 e. The molecule has 1 aliphatic carbocycles. The number of fused-ring (bicyclic) bond motifs is 3. The fourth-order valence-corrected chi connectivity index (χ4v) is 5.16. The number of carbonyl (C=O) groups is 1. The predicted molar refractivity (Wildman–Crippen MR) is 127 cm³/mol. The van der Waals surface area contributed by atoms with Crippen LogP contribution in [0.3, 0.4) is 0 Å². The third-order valence-corrected chi connectivity index (χ3v) is 6.75. The Kier molecular flexibility index (Phi) is 4.88. The van der Waals surface area contributed by atoms with E-state index in [2.05, 4.69) is 25.6 Å². The van der Waals surface area contributed by atoms with Crippen LogP contribution in [0, 0.1) is 5.92 Å². The number of pyridine rings is 1. The Labute approximate surface area is 195 Å². The molecule has 172 valence electrons. The molecule has 1 saturated heterocycles. The maximum absolute atomic E-state index is 12.8. The Morgan fingerprint density at radius 3 is 2.85 bits per heavy atom. The molecule has 1 amide bonds. The molecule has 4 aromatic rings. The highest BCUT2D eigenvalue weighted by atomic mass is 16.5. The average molecular weight is 457 g/mol. The molecule has 4 N–H and O–H groups in total. The smallest absolute Gasteiger partial charge is 0.256 e. The maximum Gasteiger partial charge on any atom is 0.256 e. The number of hydrogen-bond acceptors (Lipinski definition) is 8. The fraction of sp³-hybridized carbons (Fsp3) is 0.292. The summed E-state index contributed by atoms with van der Waals surface area (Å²) in [5.74, 6) is 1.72. The lowest BCUT2D eigenvalue weighted by molar-refractivity contribution is 0.102. The second-order valence-electron chi connectivity index (χ2n) is 8.75. The van der Waals surface area contributed by atoms with E-state index in [1.54, 1.807) is 37.6 Å². The highest BCUT2D eigenvalue weighted by molar-refractivity contribution is 6.05. The molecule has 0 spiro atoms. The first-order valence-corrected chi connectivity index (χ1v) is 11.2. The molecule has 3 aromatic heterocycles. The summed E-state index contributed by atoms with van der Waals surface area (Å²) in [6, 6.07) is 11.2. The Morgan fingerprint density at radius 1 is 1.21 bits per heavy atom. The molecule has 34 heavy (non-hydrogen) atoms. The summed E-state index contributed by atoms with van der Waals surface area (Å²) in [5.41, 5.74) is 8.82. The highest BCUT2D eigenvalue weighted by Gasteiger charge is 2.42. The van der Waals surface area contributed by atoms with E-state index < -0.39 is 0 Å². The van der Waals surface area contributed by atoms with Crippen LogP contribution < -0.4 is 21.1 Å². The Balaban J connectivity index is 1.41. The number of carbonyl (C=O) groups excluding carboxylic acids is 1. The van der Waals surface area contributed by atoms with Crippen LogP contribution in [-0.4, -0.2) is 50.3 Å². The lowest BCUT2D eigenvalue weighted by atomic mass is 10.0. The Hall–Kier alpha value is -4.05. The summed E-state index contributed by atoms with van der Waals surface area (Å²) >= 11 is 0. The van der Waals surface area contributed by atoms with E-state index >= 15 is 0 Å². The minimum Gasteiger partial charge on any atom is -0.496 e. The molecule has 0 radical (unpaired) electrons. The van der Waals surface area contributed by atoms with Crippen LogP contribution >= 0.6 is 0 Å². The normalized spacial score (nSPS) is 21.1. The number of nitrogens with one attached hydrogen (secondary N) is 2. The van der Waals surface area contributed by atoms with Crippen molar-refractivity contribution in [2.45, 2.75) is 24.9 Å². The second kappa shape index (κ2) is 8.07. The summed E-state index contributed by atoms with van der Waals surface area (Å²) in [6.45, 7) is 1.06. The first kappa shape index (κ1) is 20.5. The molecule has 4 heterocycles. The van der Waals surface area contributed by atoms with Crippen molar-refractivity contribution in [2.75, 3.05) is 24.7 Å². The topological polar surface area (TPSA) is 133 Å². The number of methoxy groups -OCH3 is 1. The molecular formula is C24H24N8O2. The molecule has 3 atom stereocenters. The van der Waals surface area contributed by atoms with Gasteiger partial charge in [-0.25, -0.2) is 19.6 Å². The molecule has 1 aromatic carbocycles. The van der Waals surface area contributed by atoms with Crippen molar-refractivity contribution in [1.29, 1.82) is 0 Å². The van der Waals surface area contributed by atoms with Gasteiger partial charge in [0.2, 0.25) is 0 Å². The number of nitrogens with two attached hydrogens (primary N) is 1. The molecule has 10 nitrogen and oxygen atoms in total. The number of ether oxygens (including phenoxy) is 1. The van der Waals surface area contributed by atoms with Gasteiger partial charge in [0.1, 0.15) is 29.4 Å². The minimum absolute atomic E-state index is 0.207. The quantitative estimate of drug-likeness (QED) is 0.417. The van der Waals surface area contributed by atoms with Gasteiger partial charge >= 0.3 is 0 Å². The zero-order valence-corrected chi connectivity index (χ0v) is 18.6. The van der Waals surface area contributed by atoms with Crippen LogP contribution in [-0.2, 0) is 0 Å². The average Bonchev–Trinajstić information content (AvgIpc) is 3.59. The number of hydrogen-bond donors (Lipinski definition) is 3. The SMILES string of the molecule is COc1cc(C(=O)Nc2ccccn2)ccc1-c1nn(C2C[C@@H]3CNC2C3)c2ncnc(N)c12. The predicted octanol–water partition coefficient (Wildman–Crippen LogP) is 2.65. The van der Waals surface area contributed by atoms with Crippen molar-refractivity contribution >= 4 is 28.6 Å². The second-order valence-corrected chi connectivity index (χ2v) is 8.75.